The fraction of sp³-hybridized carbons (Fsp3) is 0.100. The summed E-state index contributed by atoms with van der Waals surface area (Å²) in [5.74, 6) is 0.748. The lowest BCUT2D eigenvalue weighted by Gasteiger charge is -2.00. The first-order valence-electron chi connectivity index (χ1n) is 7.97. The summed E-state index contributed by atoms with van der Waals surface area (Å²) in [4.78, 5) is 19.8. The van der Waals surface area contributed by atoms with Crippen LogP contribution in [0.2, 0.25) is 0 Å². The third-order valence-corrected chi connectivity index (χ3v) is 4.00. The zero-order chi connectivity index (χ0) is 17.2. The van der Waals surface area contributed by atoms with E-state index in [4.69, 9.17) is 9.15 Å². The Hall–Kier alpha value is -3.34. The summed E-state index contributed by atoms with van der Waals surface area (Å²) in [7, 11) is 0. The van der Waals surface area contributed by atoms with E-state index < -0.39 is 5.97 Å². The van der Waals surface area contributed by atoms with Crippen LogP contribution in [-0.4, -0.2) is 15.9 Å². The van der Waals surface area contributed by atoms with Crippen LogP contribution in [0.4, 0.5) is 0 Å². The molecule has 0 saturated carbocycles. The Morgan fingerprint density at radius 3 is 2.68 bits per heavy atom. The Morgan fingerprint density at radius 2 is 1.88 bits per heavy atom. The number of hydrogen-bond acceptors (Lipinski definition) is 4. The quantitative estimate of drug-likeness (QED) is 0.559. The van der Waals surface area contributed by atoms with E-state index in [1.165, 1.54) is 0 Å². The molecule has 0 bridgehead atoms. The van der Waals surface area contributed by atoms with E-state index in [1.54, 1.807) is 6.07 Å². The highest BCUT2D eigenvalue weighted by atomic mass is 16.5. The van der Waals surface area contributed by atoms with Crippen LogP contribution in [-0.2, 0) is 11.3 Å². The number of nitrogens with zero attached hydrogens (tertiary/aromatic N) is 1. The van der Waals surface area contributed by atoms with E-state index in [2.05, 4.69) is 9.97 Å². The van der Waals surface area contributed by atoms with Gasteiger partial charge in [0.05, 0.1) is 0 Å². The molecule has 0 saturated heterocycles. The molecule has 0 aliphatic carbocycles. The standard InChI is InChI=1S/C20H16N2O3/c1-13-18(22-19(25-13)14-7-3-2-4-8-14)12-24-20(23)17-11-15-9-5-6-10-16(15)21-17/h2-11,21H,12H2,1H3. The number of carbonyl (C=O) groups is 1. The Morgan fingerprint density at radius 1 is 1.12 bits per heavy atom. The molecule has 0 aliphatic heterocycles. The molecule has 2 aromatic carbocycles. The number of nitrogens with one attached hydrogen (secondary N) is 1. The number of H-pyrrole nitrogens is 1. The molecule has 0 radical (unpaired) electrons. The zero-order valence-electron chi connectivity index (χ0n) is 13.7. The predicted octanol–water partition coefficient (Wildman–Crippen LogP) is 4.49. The highest BCUT2D eigenvalue weighted by Gasteiger charge is 2.15. The summed E-state index contributed by atoms with van der Waals surface area (Å²) in [6, 6.07) is 19.1. The van der Waals surface area contributed by atoms with Crippen molar-refractivity contribution < 1.29 is 13.9 Å². The molecule has 2 heterocycles. The minimum Gasteiger partial charge on any atom is -0.454 e. The smallest absolute Gasteiger partial charge is 0.355 e. The predicted molar refractivity (Wildman–Crippen MR) is 94.1 cm³/mol. The molecule has 0 fully saturated rings. The molecule has 5 heteroatoms. The third kappa shape index (κ3) is 3.04. The maximum Gasteiger partial charge on any atom is 0.355 e. The van der Waals surface area contributed by atoms with Gasteiger partial charge in [-0.3, -0.25) is 0 Å². The van der Waals surface area contributed by atoms with Gasteiger partial charge in [-0.1, -0.05) is 36.4 Å². The number of hydrogen-bond donors (Lipinski definition) is 1. The SMILES string of the molecule is Cc1oc(-c2ccccc2)nc1COC(=O)c1cc2ccccc2[nH]1. The van der Waals surface area contributed by atoms with Gasteiger partial charge in [-0.05, 0) is 31.2 Å². The van der Waals surface area contributed by atoms with Crippen LogP contribution in [0.1, 0.15) is 21.9 Å². The molecule has 0 atom stereocenters. The highest BCUT2D eigenvalue weighted by molar-refractivity contribution is 5.94. The van der Waals surface area contributed by atoms with Gasteiger partial charge in [0.1, 0.15) is 23.8 Å². The molecule has 124 valence electrons. The van der Waals surface area contributed by atoms with Crippen molar-refractivity contribution in [2.45, 2.75) is 13.5 Å². The first kappa shape index (κ1) is 15.2. The second-order valence-electron chi connectivity index (χ2n) is 5.73. The van der Waals surface area contributed by atoms with Gasteiger partial charge in [0.2, 0.25) is 5.89 Å². The average molecular weight is 332 g/mol. The summed E-state index contributed by atoms with van der Waals surface area (Å²) in [6.45, 7) is 1.88. The van der Waals surface area contributed by atoms with Gasteiger partial charge >= 0.3 is 5.97 Å². The molecule has 2 aromatic heterocycles. The van der Waals surface area contributed by atoms with E-state index in [1.807, 2.05) is 61.5 Å². The minimum absolute atomic E-state index is 0.0658. The van der Waals surface area contributed by atoms with Crippen LogP contribution >= 0.6 is 0 Å². The topological polar surface area (TPSA) is 68.1 Å². The fourth-order valence-electron chi connectivity index (χ4n) is 2.66. The van der Waals surface area contributed by atoms with Gasteiger partial charge in [0.25, 0.3) is 0 Å². The Labute approximate surface area is 144 Å². The second kappa shape index (κ2) is 6.28. The van der Waals surface area contributed by atoms with Crippen LogP contribution in [0.3, 0.4) is 0 Å². The highest BCUT2D eigenvalue weighted by Crippen LogP contribution is 2.22. The molecule has 1 N–H and O–H groups in total. The molecular weight excluding hydrogens is 316 g/mol. The van der Waals surface area contributed by atoms with Crippen LogP contribution in [0.5, 0.6) is 0 Å². The summed E-state index contributed by atoms with van der Waals surface area (Å²) < 4.78 is 11.1. The van der Waals surface area contributed by atoms with Gasteiger partial charge in [-0.2, -0.15) is 0 Å². The van der Waals surface area contributed by atoms with Crippen LogP contribution in [0.15, 0.2) is 65.1 Å². The summed E-state index contributed by atoms with van der Waals surface area (Å²) in [6.07, 6.45) is 0. The molecular formula is C20H16N2O3. The number of carbonyl (C=O) groups excluding carboxylic acids is 1. The van der Waals surface area contributed by atoms with Crippen molar-refractivity contribution in [3.05, 3.63) is 77.8 Å². The first-order chi connectivity index (χ1) is 12.2. The number of rotatable bonds is 4. The first-order valence-corrected chi connectivity index (χ1v) is 7.97. The van der Waals surface area contributed by atoms with Crippen LogP contribution < -0.4 is 0 Å². The zero-order valence-corrected chi connectivity index (χ0v) is 13.7. The summed E-state index contributed by atoms with van der Waals surface area (Å²) in [5.41, 5.74) is 2.83. The van der Waals surface area contributed by atoms with E-state index >= 15 is 0 Å². The van der Waals surface area contributed by atoms with Crippen molar-refractivity contribution in [3.63, 3.8) is 0 Å². The maximum atomic E-state index is 12.3. The van der Waals surface area contributed by atoms with Crippen molar-refractivity contribution in [3.8, 4) is 11.5 Å². The van der Waals surface area contributed by atoms with Gasteiger partial charge in [0, 0.05) is 16.5 Å². The van der Waals surface area contributed by atoms with Crippen molar-refractivity contribution in [1.82, 2.24) is 9.97 Å². The van der Waals surface area contributed by atoms with Crippen molar-refractivity contribution in [2.75, 3.05) is 0 Å². The summed E-state index contributed by atoms with van der Waals surface area (Å²) >= 11 is 0. The number of aryl methyl sites for hydroxylation is 1. The normalized spacial score (nSPS) is 10.9. The Kier molecular flexibility index (Phi) is 3.82. The van der Waals surface area contributed by atoms with E-state index in [-0.39, 0.29) is 6.61 Å². The summed E-state index contributed by atoms with van der Waals surface area (Å²) in [5, 5.41) is 0.971. The second-order valence-corrected chi connectivity index (χ2v) is 5.73. The number of oxazole rings is 1. The van der Waals surface area contributed by atoms with E-state index in [0.717, 1.165) is 16.5 Å². The number of fused-ring (bicyclic) bond motifs is 1. The van der Waals surface area contributed by atoms with Gasteiger partial charge < -0.3 is 14.1 Å². The van der Waals surface area contributed by atoms with Gasteiger partial charge in [-0.15, -0.1) is 0 Å². The molecule has 0 amide bonds. The van der Waals surface area contributed by atoms with Gasteiger partial charge in [-0.25, -0.2) is 9.78 Å². The van der Waals surface area contributed by atoms with Gasteiger partial charge in [0.15, 0.2) is 0 Å². The van der Waals surface area contributed by atoms with Crippen molar-refractivity contribution in [2.24, 2.45) is 0 Å². The lowest BCUT2D eigenvalue weighted by Crippen LogP contribution is -2.06. The molecule has 4 aromatic rings. The maximum absolute atomic E-state index is 12.3. The number of para-hydroxylation sites is 1. The largest absolute Gasteiger partial charge is 0.454 e. The Bertz CT molecular complexity index is 998. The molecule has 0 spiro atoms. The molecule has 5 nitrogen and oxygen atoms in total. The molecule has 0 unspecified atom stereocenters. The molecule has 25 heavy (non-hydrogen) atoms. The van der Waals surface area contributed by atoms with Crippen LogP contribution in [0.25, 0.3) is 22.4 Å². The monoisotopic (exact) mass is 332 g/mol. The van der Waals surface area contributed by atoms with Crippen molar-refractivity contribution in [1.29, 1.82) is 0 Å². The minimum atomic E-state index is -0.417. The van der Waals surface area contributed by atoms with E-state index in [9.17, 15) is 4.79 Å². The average Bonchev–Trinajstić information content (AvgIpc) is 3.24. The number of aromatic nitrogens is 2. The van der Waals surface area contributed by atoms with Crippen LogP contribution in [0, 0.1) is 6.92 Å². The molecule has 0 aliphatic rings. The fourth-order valence-corrected chi connectivity index (χ4v) is 2.66. The third-order valence-electron chi connectivity index (χ3n) is 4.00. The van der Waals surface area contributed by atoms with Crippen molar-refractivity contribution >= 4 is 16.9 Å². The number of benzene rings is 2. The lowest BCUT2D eigenvalue weighted by atomic mass is 10.2. The lowest BCUT2D eigenvalue weighted by molar-refractivity contribution is 0.0461. The number of ether oxygens (including phenoxy) is 1. The number of esters is 1. The molecule has 4 rings (SSSR count). The Balaban J connectivity index is 1.49. The number of aromatic amines is 1. The van der Waals surface area contributed by atoms with E-state index in [0.29, 0.717) is 23.0 Å².